The molecule has 3 rings (SSSR count). The molecule has 0 saturated carbocycles. The van der Waals surface area contributed by atoms with Crippen LogP contribution in [0, 0.1) is 0 Å². The van der Waals surface area contributed by atoms with Crippen molar-refractivity contribution in [2.75, 3.05) is 5.32 Å². The Morgan fingerprint density at radius 1 is 1.04 bits per heavy atom. The summed E-state index contributed by atoms with van der Waals surface area (Å²) in [7, 11) is 0. The number of fused-ring (bicyclic) bond motifs is 1. The van der Waals surface area contributed by atoms with Crippen LogP contribution in [-0.2, 0) is 4.79 Å². The number of aromatic amines is 2. The molecule has 0 aliphatic carbocycles. The first kappa shape index (κ1) is 16.0. The highest BCUT2D eigenvalue weighted by atomic mass is 16.2. The van der Waals surface area contributed by atoms with E-state index in [9.17, 15) is 9.59 Å². The number of H-pyrrole nitrogens is 2. The Morgan fingerprint density at radius 3 is 2.50 bits per heavy atom. The molecule has 1 heterocycles. The lowest BCUT2D eigenvalue weighted by Crippen LogP contribution is -2.91. The molecule has 0 aliphatic rings. The summed E-state index contributed by atoms with van der Waals surface area (Å²) in [6.07, 6.45) is 0. The molecule has 0 bridgehead atoms. The first-order chi connectivity index (χ1) is 11.5. The van der Waals surface area contributed by atoms with Gasteiger partial charge in [-0.1, -0.05) is 30.3 Å². The Bertz CT molecular complexity index is 898. The predicted octanol–water partition coefficient (Wildman–Crippen LogP) is 1.51. The Balaban J connectivity index is 1.65. The summed E-state index contributed by atoms with van der Waals surface area (Å²) in [5.41, 5.74) is 2.98. The second-order valence-electron chi connectivity index (χ2n) is 6.01. The summed E-state index contributed by atoms with van der Waals surface area (Å²) in [4.78, 5) is 29.0. The minimum Gasteiger partial charge on any atom is -0.330 e. The number of hydrogen-bond donors (Lipinski definition) is 4. The quantitative estimate of drug-likeness (QED) is 0.572. The number of carbonyl (C=O) groups is 1. The Labute approximate surface area is 139 Å². The molecule has 2 aromatic carbocycles. The molecule has 0 spiro atoms. The summed E-state index contributed by atoms with van der Waals surface area (Å²) in [6, 6.07) is 15.3. The van der Waals surface area contributed by atoms with E-state index in [1.54, 1.807) is 18.2 Å². The number of quaternary nitrogens is 1. The van der Waals surface area contributed by atoms with Crippen LogP contribution in [0.4, 0.5) is 5.69 Å². The number of aromatic nitrogens is 2. The van der Waals surface area contributed by atoms with E-state index in [4.69, 9.17) is 0 Å². The third-order valence-electron chi connectivity index (χ3n) is 4.10. The summed E-state index contributed by atoms with van der Waals surface area (Å²) in [5.74, 6) is -0.0741. The number of amides is 1. The van der Waals surface area contributed by atoms with Gasteiger partial charge in [-0.05, 0) is 32.0 Å². The zero-order chi connectivity index (χ0) is 17.1. The van der Waals surface area contributed by atoms with Crippen molar-refractivity contribution in [3.8, 4) is 0 Å². The van der Waals surface area contributed by atoms with Crippen molar-refractivity contribution in [1.29, 1.82) is 0 Å². The third kappa shape index (κ3) is 3.55. The molecule has 0 unspecified atom stereocenters. The van der Waals surface area contributed by atoms with Crippen LogP contribution < -0.4 is 16.3 Å². The number of imidazole rings is 1. The van der Waals surface area contributed by atoms with E-state index in [2.05, 4.69) is 34.3 Å². The fourth-order valence-corrected chi connectivity index (χ4v) is 2.75. The van der Waals surface area contributed by atoms with E-state index >= 15 is 0 Å². The smallest absolute Gasteiger partial charge is 0.323 e. The first-order valence-electron chi connectivity index (χ1n) is 7.96. The van der Waals surface area contributed by atoms with Crippen LogP contribution in [0.25, 0.3) is 11.0 Å². The first-order valence-corrected chi connectivity index (χ1v) is 7.96. The van der Waals surface area contributed by atoms with Gasteiger partial charge in [-0.2, -0.15) is 0 Å². The average molecular weight is 325 g/mol. The molecule has 2 atom stereocenters. The summed E-state index contributed by atoms with van der Waals surface area (Å²) >= 11 is 0. The zero-order valence-corrected chi connectivity index (χ0v) is 13.7. The van der Waals surface area contributed by atoms with E-state index in [1.165, 1.54) is 5.56 Å². The molecule has 6 nitrogen and oxygen atoms in total. The molecule has 24 heavy (non-hydrogen) atoms. The Kier molecular flexibility index (Phi) is 4.48. The summed E-state index contributed by atoms with van der Waals surface area (Å²) in [5, 5.41) is 4.92. The van der Waals surface area contributed by atoms with E-state index in [-0.39, 0.29) is 23.7 Å². The number of anilines is 1. The number of benzene rings is 2. The molecule has 3 aromatic rings. The minimum atomic E-state index is -0.258. The van der Waals surface area contributed by atoms with Crippen LogP contribution in [0.5, 0.6) is 0 Å². The standard InChI is InChI=1S/C18H20N4O2/c1-11(13-6-4-3-5-7-13)19-12(2)17(23)20-14-8-9-15-16(10-14)22-18(24)21-15/h3-12,19H,1-2H3,(H,20,23)(H2,21,22,24)/p+1/t11-,12-/m0/s1. The molecule has 6 heteroatoms. The van der Waals surface area contributed by atoms with Crippen molar-refractivity contribution < 1.29 is 10.1 Å². The van der Waals surface area contributed by atoms with Crippen LogP contribution in [0.15, 0.2) is 53.3 Å². The number of rotatable bonds is 5. The largest absolute Gasteiger partial charge is 0.330 e. The van der Waals surface area contributed by atoms with Gasteiger partial charge in [0.05, 0.1) is 11.0 Å². The highest BCUT2D eigenvalue weighted by Crippen LogP contribution is 2.14. The van der Waals surface area contributed by atoms with Gasteiger partial charge in [0, 0.05) is 11.3 Å². The van der Waals surface area contributed by atoms with Crippen molar-refractivity contribution in [3.63, 3.8) is 0 Å². The van der Waals surface area contributed by atoms with Crippen LogP contribution >= 0.6 is 0 Å². The van der Waals surface area contributed by atoms with Gasteiger partial charge in [0.1, 0.15) is 6.04 Å². The van der Waals surface area contributed by atoms with Gasteiger partial charge in [-0.15, -0.1) is 0 Å². The molecule has 0 radical (unpaired) electrons. The molecule has 1 aromatic heterocycles. The lowest BCUT2D eigenvalue weighted by atomic mass is 10.1. The van der Waals surface area contributed by atoms with Gasteiger partial charge in [0.25, 0.3) is 5.91 Å². The SMILES string of the molecule is C[C@H]([NH2+][C@@H](C)c1ccccc1)C(=O)Nc1ccc2[nH]c(=O)[nH]c2c1. The highest BCUT2D eigenvalue weighted by Gasteiger charge is 2.20. The second-order valence-corrected chi connectivity index (χ2v) is 6.01. The van der Waals surface area contributed by atoms with E-state index < -0.39 is 0 Å². The Hall–Kier alpha value is -2.86. The van der Waals surface area contributed by atoms with Crippen molar-refractivity contribution in [2.45, 2.75) is 25.9 Å². The maximum Gasteiger partial charge on any atom is 0.323 e. The summed E-state index contributed by atoms with van der Waals surface area (Å²) in [6.45, 7) is 3.96. The van der Waals surface area contributed by atoms with Gasteiger partial charge in [0.2, 0.25) is 0 Å². The minimum absolute atomic E-state index is 0.0741. The normalized spacial score (nSPS) is 13.6. The van der Waals surface area contributed by atoms with E-state index in [1.807, 2.05) is 30.4 Å². The van der Waals surface area contributed by atoms with Crippen molar-refractivity contribution in [3.05, 3.63) is 64.6 Å². The lowest BCUT2D eigenvalue weighted by Gasteiger charge is -2.17. The third-order valence-corrected chi connectivity index (χ3v) is 4.10. The molecule has 124 valence electrons. The second kappa shape index (κ2) is 6.72. The van der Waals surface area contributed by atoms with E-state index in [0.717, 1.165) is 5.52 Å². The molecule has 1 amide bonds. The number of nitrogens with two attached hydrogens (primary N) is 1. The van der Waals surface area contributed by atoms with Crippen LogP contribution in [-0.4, -0.2) is 21.9 Å². The van der Waals surface area contributed by atoms with Gasteiger partial charge >= 0.3 is 5.69 Å². The number of carbonyl (C=O) groups excluding carboxylic acids is 1. The summed E-state index contributed by atoms with van der Waals surface area (Å²) < 4.78 is 0. The van der Waals surface area contributed by atoms with Gasteiger partial charge in [0.15, 0.2) is 6.04 Å². The van der Waals surface area contributed by atoms with Crippen LogP contribution in [0.1, 0.15) is 25.5 Å². The van der Waals surface area contributed by atoms with Gasteiger partial charge < -0.3 is 20.6 Å². The highest BCUT2D eigenvalue weighted by molar-refractivity contribution is 5.95. The van der Waals surface area contributed by atoms with Crippen LogP contribution in [0.2, 0.25) is 0 Å². The van der Waals surface area contributed by atoms with Gasteiger partial charge in [-0.3, -0.25) is 4.79 Å². The molecular formula is C18H21N4O2+. The van der Waals surface area contributed by atoms with E-state index in [0.29, 0.717) is 11.2 Å². The zero-order valence-electron chi connectivity index (χ0n) is 13.7. The predicted molar refractivity (Wildman–Crippen MR) is 93.8 cm³/mol. The lowest BCUT2D eigenvalue weighted by molar-refractivity contribution is -0.709. The molecule has 5 N–H and O–H groups in total. The van der Waals surface area contributed by atoms with Crippen molar-refractivity contribution >= 4 is 22.6 Å². The fraction of sp³-hybridized carbons (Fsp3) is 0.222. The van der Waals surface area contributed by atoms with Crippen molar-refractivity contribution in [1.82, 2.24) is 9.97 Å². The monoisotopic (exact) mass is 325 g/mol. The topological polar surface area (TPSA) is 94.4 Å². The molecule has 0 fully saturated rings. The molecular weight excluding hydrogens is 304 g/mol. The Morgan fingerprint density at radius 2 is 1.75 bits per heavy atom. The van der Waals surface area contributed by atoms with Crippen molar-refractivity contribution in [2.24, 2.45) is 0 Å². The maximum absolute atomic E-state index is 12.4. The van der Waals surface area contributed by atoms with Gasteiger partial charge in [-0.25, -0.2) is 4.79 Å². The average Bonchev–Trinajstić information content (AvgIpc) is 2.94. The maximum atomic E-state index is 12.4. The molecule has 0 aliphatic heterocycles. The number of nitrogens with one attached hydrogen (secondary N) is 3. The van der Waals surface area contributed by atoms with Crippen LogP contribution in [0.3, 0.4) is 0 Å². The molecule has 0 saturated heterocycles. The number of hydrogen-bond acceptors (Lipinski definition) is 2. The fourth-order valence-electron chi connectivity index (χ4n) is 2.75.